The van der Waals surface area contributed by atoms with Crippen molar-refractivity contribution in [3.05, 3.63) is 29.8 Å². The van der Waals surface area contributed by atoms with E-state index in [0.717, 1.165) is 18.4 Å². The zero-order valence-electron chi connectivity index (χ0n) is 22.9. The van der Waals surface area contributed by atoms with E-state index >= 15 is 0 Å². The van der Waals surface area contributed by atoms with Crippen molar-refractivity contribution in [1.82, 2.24) is 5.32 Å². The number of amides is 1. The van der Waals surface area contributed by atoms with Gasteiger partial charge >= 0.3 is 179 Å². The third kappa shape index (κ3) is 12.6. The summed E-state index contributed by atoms with van der Waals surface area (Å²) in [5.74, 6) is -0.111. The zero-order chi connectivity index (χ0) is 25.5. The second-order valence-corrected chi connectivity index (χ2v) is 24.1. The number of nitrogens with one attached hydrogen (secondary N) is 1. The molecule has 0 spiro atoms. The van der Waals surface area contributed by atoms with Crippen molar-refractivity contribution in [2.24, 2.45) is 0 Å². The molecule has 0 saturated carbocycles. The first kappa shape index (κ1) is 31.0. The Morgan fingerprint density at radius 3 is 1.82 bits per heavy atom. The van der Waals surface area contributed by atoms with Gasteiger partial charge in [-0.05, 0) is 20.8 Å². The van der Waals surface area contributed by atoms with E-state index in [-0.39, 0.29) is 11.9 Å². The Kier molecular flexibility index (Phi) is 15.1. The van der Waals surface area contributed by atoms with E-state index in [2.05, 4.69) is 50.4 Å². The Bertz CT molecular complexity index is 687. The monoisotopic (exact) mass is 581 g/mol. The van der Waals surface area contributed by atoms with Crippen LogP contribution in [0.2, 0.25) is 13.3 Å². The Morgan fingerprint density at radius 2 is 1.35 bits per heavy atom. The van der Waals surface area contributed by atoms with Crippen molar-refractivity contribution in [2.75, 3.05) is 6.54 Å². The molecule has 34 heavy (non-hydrogen) atoms. The van der Waals surface area contributed by atoms with Gasteiger partial charge in [-0.15, -0.1) is 0 Å². The molecule has 0 aliphatic carbocycles. The summed E-state index contributed by atoms with van der Waals surface area (Å²) in [5, 5.41) is 3.00. The number of carbonyl (C=O) groups excluding carboxylic acids is 2. The summed E-state index contributed by atoms with van der Waals surface area (Å²) in [7, 11) is 0. The molecule has 0 aliphatic rings. The first-order valence-electron chi connectivity index (χ1n) is 13.7. The molecule has 1 amide bonds. The van der Waals surface area contributed by atoms with Crippen LogP contribution in [0.3, 0.4) is 0 Å². The molecular weight excluding hydrogens is 529 g/mol. The van der Waals surface area contributed by atoms with Crippen LogP contribution in [-0.2, 0) is 20.7 Å². The van der Waals surface area contributed by atoms with E-state index in [1.165, 1.54) is 51.8 Å². The van der Waals surface area contributed by atoms with E-state index in [1.54, 1.807) is 3.58 Å². The Hall–Kier alpha value is -1.04. The molecule has 1 rings (SSSR count). The normalized spacial score (nSPS) is 11.9. The van der Waals surface area contributed by atoms with Gasteiger partial charge in [0.2, 0.25) is 0 Å². The number of hydrogen-bond donors (Lipinski definition) is 1. The molecule has 1 N–H and O–H groups in total. The molecule has 5 heteroatoms. The Balaban J connectivity index is 2.60. The fourth-order valence-electron chi connectivity index (χ4n) is 4.59. The van der Waals surface area contributed by atoms with Crippen molar-refractivity contribution in [2.45, 2.75) is 125 Å². The van der Waals surface area contributed by atoms with Gasteiger partial charge in [0, 0.05) is 0 Å². The first-order chi connectivity index (χ1) is 16.2. The fourth-order valence-corrected chi connectivity index (χ4v) is 20.5. The van der Waals surface area contributed by atoms with Crippen molar-refractivity contribution in [3.8, 4) is 0 Å². The quantitative estimate of drug-likeness (QED) is 0.124. The van der Waals surface area contributed by atoms with Crippen molar-refractivity contribution >= 4 is 33.8 Å². The number of rotatable bonds is 17. The fraction of sp³-hybridized carbons (Fsp3) is 0.724. The van der Waals surface area contributed by atoms with Crippen LogP contribution in [0.15, 0.2) is 24.3 Å². The van der Waals surface area contributed by atoms with Crippen LogP contribution in [0.1, 0.15) is 105 Å². The Labute approximate surface area is 213 Å². The molecule has 0 bridgehead atoms. The molecule has 1 aromatic carbocycles. The first-order valence-corrected chi connectivity index (χ1v) is 21.2. The molecule has 0 radical (unpaired) electrons. The standard InChI is InChI=1S/C17H24NO3.3C4H9.Sn/c1-17(2,3)21-16(20)11-7-8-12-18-15(19)13-14-9-5-4-6-10-14;3*1-3-4-2;/h5-6,9-10H,7-8,11-13H2,1-3H3,(H,18,19);3*1,3-4H2,2H3;. The second kappa shape index (κ2) is 16.6. The van der Waals surface area contributed by atoms with Gasteiger partial charge in [-0.1, -0.05) is 0 Å². The minimum atomic E-state index is -2.39. The topological polar surface area (TPSA) is 55.4 Å². The van der Waals surface area contributed by atoms with Gasteiger partial charge in [0.1, 0.15) is 5.60 Å². The molecule has 1 aromatic rings. The van der Waals surface area contributed by atoms with Crippen molar-refractivity contribution in [3.63, 3.8) is 0 Å². The SMILES string of the molecule is CCC[CH2][Sn]([CH2]CCC)([CH2]CCC)[c]1ccc(CC(=O)NCCCCC(=O)OC(C)(C)C)cc1. The van der Waals surface area contributed by atoms with Gasteiger partial charge in [0.25, 0.3) is 0 Å². The Morgan fingerprint density at radius 1 is 0.824 bits per heavy atom. The van der Waals surface area contributed by atoms with E-state index < -0.39 is 24.0 Å². The van der Waals surface area contributed by atoms with Gasteiger partial charge in [0.05, 0.1) is 0 Å². The molecule has 0 fully saturated rings. The van der Waals surface area contributed by atoms with Crippen LogP contribution in [0.4, 0.5) is 0 Å². The summed E-state index contributed by atoms with van der Waals surface area (Å²) in [6.45, 7) is 13.2. The molecule has 0 aromatic heterocycles. The molecule has 194 valence electrons. The van der Waals surface area contributed by atoms with E-state index in [4.69, 9.17) is 4.74 Å². The van der Waals surface area contributed by atoms with Crippen LogP contribution in [-0.4, -0.2) is 42.4 Å². The van der Waals surface area contributed by atoms with Gasteiger partial charge < -0.3 is 4.74 Å². The van der Waals surface area contributed by atoms with Gasteiger partial charge in [0.15, 0.2) is 0 Å². The average Bonchev–Trinajstić information content (AvgIpc) is 2.78. The molecule has 0 heterocycles. The van der Waals surface area contributed by atoms with Gasteiger partial charge in [-0.25, -0.2) is 0 Å². The second-order valence-electron chi connectivity index (χ2n) is 10.9. The molecule has 0 saturated heterocycles. The maximum atomic E-state index is 12.4. The number of ether oxygens (including phenoxy) is 1. The van der Waals surface area contributed by atoms with Crippen molar-refractivity contribution < 1.29 is 14.3 Å². The number of esters is 1. The van der Waals surface area contributed by atoms with Crippen LogP contribution in [0.25, 0.3) is 0 Å². The zero-order valence-corrected chi connectivity index (χ0v) is 25.8. The molecule has 0 aliphatic heterocycles. The predicted octanol–water partition coefficient (Wildman–Crippen LogP) is 6.91. The van der Waals surface area contributed by atoms with Crippen LogP contribution in [0, 0.1) is 0 Å². The third-order valence-corrected chi connectivity index (χ3v) is 22.2. The van der Waals surface area contributed by atoms with Gasteiger partial charge in [-0.2, -0.15) is 0 Å². The molecule has 4 nitrogen and oxygen atoms in total. The van der Waals surface area contributed by atoms with Crippen LogP contribution < -0.4 is 8.90 Å². The number of benzene rings is 1. The summed E-state index contributed by atoms with van der Waals surface area (Å²) in [5.41, 5.74) is 0.656. The predicted molar refractivity (Wildman–Crippen MR) is 147 cm³/mol. The summed E-state index contributed by atoms with van der Waals surface area (Å²) >= 11 is -2.39. The van der Waals surface area contributed by atoms with E-state index in [0.29, 0.717) is 19.4 Å². The molecule has 0 unspecified atom stereocenters. The minimum absolute atomic E-state index is 0.0581. The summed E-state index contributed by atoms with van der Waals surface area (Å²) in [4.78, 5) is 24.2. The summed E-state index contributed by atoms with van der Waals surface area (Å²) in [6.07, 6.45) is 10.3. The average molecular weight is 580 g/mol. The number of unbranched alkanes of at least 4 members (excludes halogenated alkanes) is 4. The molecule has 0 atom stereocenters. The summed E-state index contributed by atoms with van der Waals surface area (Å²) < 4.78 is 11.4. The van der Waals surface area contributed by atoms with E-state index in [1.807, 2.05) is 20.8 Å². The third-order valence-electron chi connectivity index (χ3n) is 6.51. The van der Waals surface area contributed by atoms with Gasteiger partial charge in [-0.3, -0.25) is 4.79 Å². The maximum absolute atomic E-state index is 12.4. The number of hydrogen-bond acceptors (Lipinski definition) is 3. The summed E-state index contributed by atoms with van der Waals surface area (Å²) in [6, 6.07) is 9.15. The number of carbonyl (C=O) groups is 2. The van der Waals surface area contributed by atoms with Crippen molar-refractivity contribution in [1.29, 1.82) is 0 Å². The van der Waals surface area contributed by atoms with Crippen LogP contribution >= 0.6 is 0 Å². The molecular formula is C29H51NO3Sn. The van der Waals surface area contributed by atoms with Crippen LogP contribution in [0.5, 0.6) is 0 Å². The van der Waals surface area contributed by atoms with E-state index in [9.17, 15) is 9.59 Å².